The Labute approximate surface area is 192 Å². The molecule has 0 spiro atoms. The van der Waals surface area contributed by atoms with Crippen molar-refractivity contribution in [1.82, 2.24) is 20.5 Å². The number of ether oxygens (including phenoxy) is 1. The van der Waals surface area contributed by atoms with Gasteiger partial charge in [0.05, 0.1) is 30.5 Å². The molecule has 0 radical (unpaired) electrons. The van der Waals surface area contributed by atoms with Crippen LogP contribution in [-0.4, -0.2) is 61.8 Å². The standard InChI is InChI=1S/C20H37N5OS.HI/c1-6-16(7-2)18(25-8-10-26-11-9-25)13-23-20(21-5)22-12-17-14-27-19(24-17)15(3)4;/h14-16,18H,6-13H2,1-5H3,(H2,21,22,23);1H. The molecule has 1 aromatic rings. The van der Waals surface area contributed by atoms with Gasteiger partial charge < -0.3 is 15.4 Å². The normalized spacial score (nSPS) is 16.9. The van der Waals surface area contributed by atoms with E-state index < -0.39 is 0 Å². The van der Waals surface area contributed by atoms with Crippen molar-refractivity contribution in [3.63, 3.8) is 0 Å². The van der Waals surface area contributed by atoms with Gasteiger partial charge in [0.25, 0.3) is 0 Å². The van der Waals surface area contributed by atoms with Crippen LogP contribution in [-0.2, 0) is 11.3 Å². The van der Waals surface area contributed by atoms with E-state index >= 15 is 0 Å². The average Bonchev–Trinajstić information content (AvgIpc) is 3.17. The van der Waals surface area contributed by atoms with Crippen molar-refractivity contribution >= 4 is 41.3 Å². The van der Waals surface area contributed by atoms with Crippen molar-refractivity contribution in [2.45, 2.75) is 59.0 Å². The monoisotopic (exact) mass is 523 g/mol. The van der Waals surface area contributed by atoms with Crippen molar-refractivity contribution < 1.29 is 4.74 Å². The molecule has 1 saturated heterocycles. The third-order valence-corrected chi connectivity index (χ3v) is 6.50. The highest BCUT2D eigenvalue weighted by Gasteiger charge is 2.27. The van der Waals surface area contributed by atoms with Crippen LogP contribution >= 0.6 is 35.3 Å². The van der Waals surface area contributed by atoms with E-state index in [1.165, 1.54) is 17.8 Å². The van der Waals surface area contributed by atoms with Crippen molar-refractivity contribution in [1.29, 1.82) is 0 Å². The molecular formula is C20H38IN5OS. The predicted octanol–water partition coefficient (Wildman–Crippen LogP) is 3.69. The molecule has 28 heavy (non-hydrogen) atoms. The Bertz CT molecular complexity index is 571. The van der Waals surface area contributed by atoms with Crippen LogP contribution in [0.4, 0.5) is 0 Å². The third-order valence-electron chi connectivity index (χ3n) is 5.31. The van der Waals surface area contributed by atoms with E-state index in [4.69, 9.17) is 9.72 Å². The number of morpholine rings is 1. The first kappa shape index (κ1) is 25.6. The first-order valence-electron chi connectivity index (χ1n) is 10.3. The molecule has 1 atom stereocenters. The maximum Gasteiger partial charge on any atom is 0.191 e. The molecule has 1 aliphatic rings. The summed E-state index contributed by atoms with van der Waals surface area (Å²) >= 11 is 1.73. The smallest absolute Gasteiger partial charge is 0.191 e. The second-order valence-corrected chi connectivity index (χ2v) is 8.32. The molecule has 6 nitrogen and oxygen atoms in total. The molecule has 2 rings (SSSR count). The van der Waals surface area contributed by atoms with Crippen LogP contribution in [0.25, 0.3) is 0 Å². The molecule has 2 heterocycles. The van der Waals surface area contributed by atoms with E-state index in [2.05, 4.69) is 53.6 Å². The van der Waals surface area contributed by atoms with Gasteiger partial charge in [0, 0.05) is 44.0 Å². The number of nitrogens with one attached hydrogen (secondary N) is 2. The average molecular weight is 524 g/mol. The van der Waals surface area contributed by atoms with Gasteiger partial charge in [0.15, 0.2) is 5.96 Å². The molecule has 0 bridgehead atoms. The van der Waals surface area contributed by atoms with Crippen LogP contribution in [0.5, 0.6) is 0 Å². The summed E-state index contributed by atoms with van der Waals surface area (Å²) in [5.41, 5.74) is 1.08. The summed E-state index contributed by atoms with van der Waals surface area (Å²) in [5, 5.41) is 10.3. The number of aliphatic imine (C=N–C) groups is 1. The zero-order valence-corrected chi connectivity index (χ0v) is 21.2. The highest BCUT2D eigenvalue weighted by atomic mass is 127. The van der Waals surface area contributed by atoms with Gasteiger partial charge in [-0.2, -0.15) is 0 Å². The van der Waals surface area contributed by atoms with E-state index in [0.29, 0.717) is 24.4 Å². The number of thiazole rings is 1. The molecule has 1 unspecified atom stereocenters. The first-order chi connectivity index (χ1) is 13.1. The van der Waals surface area contributed by atoms with E-state index in [1.807, 2.05) is 7.05 Å². The van der Waals surface area contributed by atoms with Gasteiger partial charge >= 0.3 is 0 Å². The summed E-state index contributed by atoms with van der Waals surface area (Å²) in [6.45, 7) is 14.3. The Morgan fingerprint density at radius 3 is 2.46 bits per heavy atom. The number of nitrogens with zero attached hydrogens (tertiary/aromatic N) is 3. The van der Waals surface area contributed by atoms with Crippen LogP contribution in [0.3, 0.4) is 0 Å². The highest BCUT2D eigenvalue weighted by Crippen LogP contribution is 2.20. The summed E-state index contributed by atoms with van der Waals surface area (Å²) in [7, 11) is 1.83. The SMILES string of the molecule is CCC(CC)C(CNC(=NC)NCc1csc(C(C)C)n1)N1CCOCC1.I. The summed E-state index contributed by atoms with van der Waals surface area (Å²) in [4.78, 5) is 11.7. The van der Waals surface area contributed by atoms with Gasteiger partial charge in [-0.3, -0.25) is 9.89 Å². The molecule has 0 aliphatic carbocycles. The number of aromatic nitrogens is 1. The molecule has 1 aromatic heterocycles. The van der Waals surface area contributed by atoms with Crippen molar-refractivity contribution in [2.24, 2.45) is 10.9 Å². The Morgan fingerprint density at radius 1 is 1.25 bits per heavy atom. The minimum atomic E-state index is 0. The molecule has 162 valence electrons. The Morgan fingerprint density at radius 2 is 1.93 bits per heavy atom. The second kappa shape index (κ2) is 13.7. The third kappa shape index (κ3) is 7.76. The number of hydrogen-bond donors (Lipinski definition) is 2. The van der Waals surface area contributed by atoms with Crippen molar-refractivity contribution in [3.05, 3.63) is 16.1 Å². The lowest BCUT2D eigenvalue weighted by atomic mass is 9.92. The Kier molecular flexibility index (Phi) is 12.5. The maximum atomic E-state index is 5.55. The quantitative estimate of drug-likeness (QED) is 0.294. The topological polar surface area (TPSA) is 61.8 Å². The molecule has 1 fully saturated rings. The fraction of sp³-hybridized carbons (Fsp3) is 0.800. The molecule has 2 N–H and O–H groups in total. The second-order valence-electron chi connectivity index (χ2n) is 7.43. The Balaban J connectivity index is 0.00000392. The molecule has 1 aliphatic heterocycles. The minimum Gasteiger partial charge on any atom is -0.379 e. The van der Waals surface area contributed by atoms with Gasteiger partial charge in [-0.05, 0) is 5.92 Å². The molecule has 0 amide bonds. The summed E-state index contributed by atoms with van der Waals surface area (Å²) in [6, 6.07) is 0.509. The molecule has 8 heteroatoms. The summed E-state index contributed by atoms with van der Waals surface area (Å²) < 4.78 is 5.55. The first-order valence-corrected chi connectivity index (χ1v) is 11.2. The molecule has 0 saturated carbocycles. The summed E-state index contributed by atoms with van der Waals surface area (Å²) in [5.74, 6) is 2.01. The van der Waals surface area contributed by atoms with Gasteiger partial charge in [-0.15, -0.1) is 35.3 Å². The number of halogens is 1. The number of rotatable bonds is 9. The Hall–Kier alpha value is -0.450. The lowest BCUT2D eigenvalue weighted by Gasteiger charge is -2.39. The van der Waals surface area contributed by atoms with Crippen LogP contribution in [0.1, 0.15) is 57.2 Å². The van der Waals surface area contributed by atoms with Gasteiger partial charge in [0.1, 0.15) is 0 Å². The van der Waals surface area contributed by atoms with E-state index in [1.54, 1.807) is 11.3 Å². The van der Waals surface area contributed by atoms with Crippen LogP contribution in [0.15, 0.2) is 10.4 Å². The molecule has 0 aromatic carbocycles. The van der Waals surface area contributed by atoms with Crippen LogP contribution < -0.4 is 10.6 Å². The van der Waals surface area contributed by atoms with E-state index in [9.17, 15) is 0 Å². The molecular weight excluding hydrogens is 485 g/mol. The predicted molar refractivity (Wildman–Crippen MR) is 130 cm³/mol. The number of hydrogen-bond acceptors (Lipinski definition) is 5. The fourth-order valence-corrected chi connectivity index (χ4v) is 4.44. The van der Waals surface area contributed by atoms with E-state index in [0.717, 1.165) is 44.5 Å². The number of guanidine groups is 1. The van der Waals surface area contributed by atoms with Crippen LogP contribution in [0.2, 0.25) is 0 Å². The van der Waals surface area contributed by atoms with Crippen LogP contribution in [0, 0.1) is 5.92 Å². The van der Waals surface area contributed by atoms with Crippen molar-refractivity contribution in [2.75, 3.05) is 39.9 Å². The zero-order valence-electron chi connectivity index (χ0n) is 18.0. The van der Waals surface area contributed by atoms with E-state index in [-0.39, 0.29) is 24.0 Å². The minimum absolute atomic E-state index is 0. The lowest BCUT2D eigenvalue weighted by molar-refractivity contribution is 0.00272. The zero-order chi connectivity index (χ0) is 19.6. The van der Waals surface area contributed by atoms with Crippen molar-refractivity contribution in [3.8, 4) is 0 Å². The highest BCUT2D eigenvalue weighted by molar-refractivity contribution is 14.0. The largest absolute Gasteiger partial charge is 0.379 e. The van der Waals surface area contributed by atoms with Gasteiger partial charge in [0.2, 0.25) is 0 Å². The van der Waals surface area contributed by atoms with Gasteiger partial charge in [-0.1, -0.05) is 40.5 Å². The lowest BCUT2D eigenvalue weighted by Crippen LogP contribution is -2.53. The van der Waals surface area contributed by atoms with Gasteiger partial charge in [-0.25, -0.2) is 4.98 Å². The maximum absolute atomic E-state index is 5.55. The fourth-order valence-electron chi connectivity index (χ4n) is 3.60. The summed E-state index contributed by atoms with van der Waals surface area (Å²) in [6.07, 6.45) is 2.39.